The Morgan fingerprint density at radius 2 is 1.95 bits per heavy atom. The van der Waals surface area contributed by atoms with Crippen molar-refractivity contribution < 1.29 is 9.90 Å². The zero-order chi connectivity index (χ0) is 13.2. The summed E-state index contributed by atoms with van der Waals surface area (Å²) < 4.78 is 1.39. The van der Waals surface area contributed by atoms with Crippen molar-refractivity contribution in [2.75, 3.05) is 0 Å². The topological polar surface area (TPSA) is 57.9 Å². The third-order valence-corrected chi connectivity index (χ3v) is 3.59. The Hall–Kier alpha value is -2.40. The van der Waals surface area contributed by atoms with Crippen LogP contribution in [0, 0.1) is 0 Å². The number of benzene rings is 1. The molecule has 0 saturated carbocycles. The number of aromatic nitrogens is 2. The Bertz CT molecular complexity index is 702. The predicted molar refractivity (Wildman–Crippen MR) is 71.2 cm³/mol. The molecule has 0 fully saturated rings. The summed E-state index contributed by atoms with van der Waals surface area (Å²) in [5, 5.41) is 17.5. The first-order valence-electron chi connectivity index (χ1n) is 5.66. The van der Waals surface area contributed by atoms with E-state index in [2.05, 4.69) is 5.10 Å². The second kappa shape index (κ2) is 4.70. The third kappa shape index (κ3) is 2.15. The minimum absolute atomic E-state index is 0.0506. The highest BCUT2D eigenvalue weighted by Gasteiger charge is 2.12. The molecule has 0 unspecified atom stereocenters. The molecular weight excluding hydrogens is 260 g/mol. The minimum atomic E-state index is -1.24. The fourth-order valence-electron chi connectivity index (χ4n) is 1.84. The summed E-state index contributed by atoms with van der Waals surface area (Å²) >= 11 is 1.52. The van der Waals surface area contributed by atoms with Gasteiger partial charge in [-0.15, -0.1) is 11.3 Å². The number of carbonyl (C=O) groups excluding carboxylic acids is 1. The third-order valence-electron chi connectivity index (χ3n) is 2.69. The van der Waals surface area contributed by atoms with Crippen LogP contribution in [0.5, 0.6) is 0 Å². The molecule has 0 spiro atoms. The van der Waals surface area contributed by atoms with Gasteiger partial charge in [0.15, 0.2) is 0 Å². The van der Waals surface area contributed by atoms with E-state index < -0.39 is 5.97 Å². The van der Waals surface area contributed by atoms with E-state index in [4.69, 9.17) is 0 Å². The van der Waals surface area contributed by atoms with E-state index in [1.165, 1.54) is 22.1 Å². The average Bonchev–Trinajstić information content (AvgIpc) is 3.08. The maximum Gasteiger partial charge on any atom is 0.103 e. The highest BCUT2D eigenvalue weighted by molar-refractivity contribution is 7.13. The molecule has 5 heteroatoms. The van der Waals surface area contributed by atoms with Gasteiger partial charge in [-0.05, 0) is 29.6 Å². The van der Waals surface area contributed by atoms with Crippen LogP contribution in [0.4, 0.5) is 0 Å². The zero-order valence-corrected chi connectivity index (χ0v) is 10.6. The van der Waals surface area contributed by atoms with E-state index in [9.17, 15) is 9.90 Å². The van der Waals surface area contributed by atoms with E-state index in [-0.39, 0.29) is 5.69 Å². The molecule has 0 bridgehead atoms. The Morgan fingerprint density at radius 3 is 2.58 bits per heavy atom. The van der Waals surface area contributed by atoms with Crippen molar-refractivity contribution in [1.29, 1.82) is 0 Å². The quantitative estimate of drug-likeness (QED) is 0.730. The molecule has 19 heavy (non-hydrogen) atoms. The van der Waals surface area contributed by atoms with Crippen molar-refractivity contribution >= 4 is 17.3 Å². The molecule has 3 rings (SSSR count). The highest BCUT2D eigenvalue weighted by atomic mass is 32.1. The van der Waals surface area contributed by atoms with Gasteiger partial charge in [-0.25, -0.2) is 4.68 Å². The van der Waals surface area contributed by atoms with Gasteiger partial charge in [-0.3, -0.25) is 0 Å². The Balaban J connectivity index is 2.16. The van der Waals surface area contributed by atoms with Crippen molar-refractivity contribution in [2.24, 2.45) is 0 Å². The average molecular weight is 269 g/mol. The fourth-order valence-corrected chi connectivity index (χ4v) is 2.52. The number of aromatic carboxylic acids is 1. The van der Waals surface area contributed by atoms with Crippen LogP contribution in [-0.2, 0) is 0 Å². The lowest BCUT2D eigenvalue weighted by molar-refractivity contribution is -0.255. The van der Waals surface area contributed by atoms with Crippen molar-refractivity contribution in [3.05, 3.63) is 59.6 Å². The van der Waals surface area contributed by atoms with Crippen molar-refractivity contribution in [2.45, 2.75) is 0 Å². The van der Waals surface area contributed by atoms with Gasteiger partial charge >= 0.3 is 0 Å². The minimum Gasteiger partial charge on any atom is -0.543 e. The monoisotopic (exact) mass is 269 g/mol. The lowest BCUT2D eigenvalue weighted by Crippen LogP contribution is -2.25. The number of rotatable bonds is 3. The molecule has 0 amide bonds. The fraction of sp³-hybridized carbons (Fsp3) is 0. The number of hydrogen-bond donors (Lipinski definition) is 0. The number of thiophene rings is 1. The van der Waals surface area contributed by atoms with Crippen LogP contribution in [0.3, 0.4) is 0 Å². The number of hydrogen-bond acceptors (Lipinski definition) is 4. The molecule has 0 atom stereocenters. The Labute approximate surface area is 113 Å². The van der Waals surface area contributed by atoms with Gasteiger partial charge in [0, 0.05) is 0 Å². The van der Waals surface area contributed by atoms with Gasteiger partial charge < -0.3 is 9.90 Å². The van der Waals surface area contributed by atoms with Crippen LogP contribution in [-0.4, -0.2) is 15.7 Å². The first-order valence-corrected chi connectivity index (χ1v) is 6.54. The van der Waals surface area contributed by atoms with Crippen LogP contribution >= 0.6 is 11.3 Å². The van der Waals surface area contributed by atoms with Gasteiger partial charge in [-0.2, -0.15) is 5.10 Å². The van der Waals surface area contributed by atoms with Gasteiger partial charge in [0.25, 0.3) is 0 Å². The molecule has 0 aliphatic carbocycles. The van der Waals surface area contributed by atoms with E-state index in [0.29, 0.717) is 11.4 Å². The molecule has 0 radical (unpaired) electrons. The first kappa shape index (κ1) is 11.7. The number of carboxylic acid groups (broad SMARTS) is 1. The second-order valence-electron chi connectivity index (χ2n) is 3.93. The van der Waals surface area contributed by atoms with Crippen LogP contribution in [0.25, 0.3) is 16.3 Å². The van der Waals surface area contributed by atoms with Crippen molar-refractivity contribution in [1.82, 2.24) is 9.78 Å². The largest absolute Gasteiger partial charge is 0.543 e. The number of para-hydroxylation sites is 1. The van der Waals surface area contributed by atoms with Crippen molar-refractivity contribution in [3.63, 3.8) is 0 Å². The summed E-state index contributed by atoms with van der Waals surface area (Å²) in [6.07, 6.45) is 0. The summed E-state index contributed by atoms with van der Waals surface area (Å²) in [5.74, 6) is -1.24. The molecule has 1 aromatic carbocycles. The van der Waals surface area contributed by atoms with Gasteiger partial charge in [-0.1, -0.05) is 24.3 Å². The normalized spacial score (nSPS) is 10.5. The summed E-state index contributed by atoms with van der Waals surface area (Å²) in [4.78, 5) is 12.1. The lowest BCUT2D eigenvalue weighted by Gasteiger charge is -2.06. The smallest absolute Gasteiger partial charge is 0.103 e. The highest BCUT2D eigenvalue weighted by Crippen LogP contribution is 2.25. The molecule has 2 heterocycles. The second-order valence-corrected chi connectivity index (χ2v) is 4.87. The lowest BCUT2D eigenvalue weighted by atomic mass is 10.3. The number of carbonyl (C=O) groups is 1. The maximum absolute atomic E-state index is 11.2. The van der Waals surface area contributed by atoms with Gasteiger partial charge in [0.05, 0.1) is 22.2 Å². The van der Waals surface area contributed by atoms with Gasteiger partial charge in [0.1, 0.15) is 5.69 Å². The Kier molecular flexibility index (Phi) is 2.89. The number of nitrogens with zero attached hydrogens (tertiary/aromatic N) is 2. The van der Waals surface area contributed by atoms with E-state index in [0.717, 1.165) is 4.88 Å². The zero-order valence-electron chi connectivity index (χ0n) is 9.82. The Morgan fingerprint density at radius 1 is 1.16 bits per heavy atom. The molecule has 0 saturated heterocycles. The summed E-state index contributed by atoms with van der Waals surface area (Å²) in [7, 11) is 0. The molecular formula is C14H9N2O2S-. The van der Waals surface area contributed by atoms with Crippen LogP contribution in [0.2, 0.25) is 0 Å². The van der Waals surface area contributed by atoms with Crippen LogP contribution < -0.4 is 5.11 Å². The van der Waals surface area contributed by atoms with E-state index >= 15 is 0 Å². The summed E-state index contributed by atoms with van der Waals surface area (Å²) in [6.45, 7) is 0. The molecule has 0 aliphatic rings. The van der Waals surface area contributed by atoms with Crippen LogP contribution in [0.15, 0.2) is 53.9 Å². The molecule has 94 valence electrons. The van der Waals surface area contributed by atoms with Crippen LogP contribution in [0.1, 0.15) is 10.5 Å². The summed E-state index contributed by atoms with van der Waals surface area (Å²) in [5.41, 5.74) is 1.39. The molecule has 3 aromatic rings. The summed E-state index contributed by atoms with van der Waals surface area (Å²) in [6, 6.07) is 14.5. The molecule has 2 aromatic heterocycles. The van der Waals surface area contributed by atoms with E-state index in [1.54, 1.807) is 12.1 Å². The van der Waals surface area contributed by atoms with E-state index in [1.807, 2.05) is 35.7 Å². The maximum atomic E-state index is 11.2. The van der Waals surface area contributed by atoms with Gasteiger partial charge in [0.2, 0.25) is 0 Å². The molecule has 0 N–H and O–H groups in total. The number of carboxylic acids is 1. The van der Waals surface area contributed by atoms with Crippen molar-refractivity contribution in [3.8, 4) is 16.3 Å². The standard InChI is InChI=1S/C14H10N2O2S/c17-14(18)12-9-11(13-7-4-8-19-13)15-16(12)10-5-2-1-3-6-10/h1-9H,(H,17,18)/p-1. The SMILES string of the molecule is O=C([O-])c1cc(-c2cccs2)nn1-c1ccccc1. The molecule has 0 aliphatic heterocycles. The predicted octanol–water partition coefficient (Wildman–Crippen LogP) is 1.96. The molecule has 4 nitrogen and oxygen atoms in total. The first-order chi connectivity index (χ1) is 9.25.